The highest BCUT2D eigenvalue weighted by Gasteiger charge is 2.13. The summed E-state index contributed by atoms with van der Waals surface area (Å²) in [7, 11) is 0. The molecule has 0 aliphatic heterocycles. The van der Waals surface area contributed by atoms with Gasteiger partial charge in [0.25, 0.3) is 0 Å². The number of thioether (sulfide) groups is 1. The first kappa shape index (κ1) is 13.4. The number of halogens is 1. The number of hydrogen-bond acceptors (Lipinski definition) is 3. The smallest absolute Gasteiger partial charge is 0.235 e. The maximum atomic E-state index is 11.1. The Morgan fingerprint density at radius 1 is 1.62 bits per heavy atom. The van der Waals surface area contributed by atoms with Crippen LogP contribution in [0.25, 0.3) is 0 Å². The van der Waals surface area contributed by atoms with Gasteiger partial charge in [-0.1, -0.05) is 24.6 Å². The van der Waals surface area contributed by atoms with Gasteiger partial charge in [0.2, 0.25) is 5.91 Å². The lowest BCUT2D eigenvalue weighted by Crippen LogP contribution is -2.42. The standard InChI is InChI=1S/C11H15ClN2OS/c1-2-14-10(11(13)15)7-16-9-5-3-4-8(12)6-9/h3-6,10,14H,2,7H2,1H3,(H2,13,15). The van der Waals surface area contributed by atoms with Crippen molar-refractivity contribution in [3.8, 4) is 0 Å². The zero-order valence-corrected chi connectivity index (χ0v) is 10.6. The third kappa shape index (κ3) is 4.43. The highest BCUT2D eigenvalue weighted by molar-refractivity contribution is 7.99. The van der Waals surface area contributed by atoms with Crippen molar-refractivity contribution in [1.29, 1.82) is 0 Å². The summed E-state index contributed by atoms with van der Waals surface area (Å²) in [6.07, 6.45) is 0. The Labute approximate surface area is 105 Å². The van der Waals surface area contributed by atoms with Gasteiger partial charge in [0, 0.05) is 15.7 Å². The number of rotatable bonds is 6. The number of carbonyl (C=O) groups excluding carboxylic acids is 1. The normalized spacial score (nSPS) is 12.4. The van der Waals surface area contributed by atoms with Crippen LogP contribution in [0.1, 0.15) is 6.92 Å². The third-order valence-electron chi connectivity index (χ3n) is 2.01. The van der Waals surface area contributed by atoms with Gasteiger partial charge < -0.3 is 11.1 Å². The fourth-order valence-corrected chi connectivity index (χ4v) is 2.51. The van der Waals surface area contributed by atoms with Crippen molar-refractivity contribution in [2.75, 3.05) is 12.3 Å². The largest absolute Gasteiger partial charge is 0.368 e. The van der Waals surface area contributed by atoms with E-state index in [-0.39, 0.29) is 11.9 Å². The van der Waals surface area contributed by atoms with E-state index in [1.54, 1.807) is 11.8 Å². The molecule has 0 spiro atoms. The van der Waals surface area contributed by atoms with Crippen molar-refractivity contribution < 1.29 is 4.79 Å². The number of amides is 1. The minimum atomic E-state index is -0.323. The first-order valence-corrected chi connectivity index (χ1v) is 6.41. The Balaban J connectivity index is 2.51. The van der Waals surface area contributed by atoms with Gasteiger partial charge in [0.05, 0.1) is 6.04 Å². The van der Waals surface area contributed by atoms with Crippen LogP contribution in [0.4, 0.5) is 0 Å². The van der Waals surface area contributed by atoms with Crippen molar-refractivity contribution >= 4 is 29.3 Å². The summed E-state index contributed by atoms with van der Waals surface area (Å²) in [5.74, 6) is 0.292. The van der Waals surface area contributed by atoms with Crippen LogP contribution >= 0.6 is 23.4 Å². The van der Waals surface area contributed by atoms with Gasteiger partial charge in [-0.05, 0) is 24.7 Å². The van der Waals surface area contributed by atoms with Gasteiger partial charge in [-0.25, -0.2) is 0 Å². The van der Waals surface area contributed by atoms with E-state index in [4.69, 9.17) is 17.3 Å². The second kappa shape index (κ2) is 6.78. The molecule has 88 valence electrons. The van der Waals surface area contributed by atoms with Crippen molar-refractivity contribution in [2.45, 2.75) is 17.9 Å². The van der Waals surface area contributed by atoms with E-state index >= 15 is 0 Å². The maximum Gasteiger partial charge on any atom is 0.235 e. The molecular formula is C11H15ClN2OS. The van der Waals surface area contributed by atoms with Gasteiger partial charge in [-0.2, -0.15) is 0 Å². The lowest BCUT2D eigenvalue weighted by molar-refractivity contribution is -0.119. The van der Waals surface area contributed by atoms with Gasteiger partial charge in [0.15, 0.2) is 0 Å². The Bertz CT molecular complexity index is 360. The zero-order valence-electron chi connectivity index (χ0n) is 9.07. The van der Waals surface area contributed by atoms with Crippen LogP contribution in [0.3, 0.4) is 0 Å². The Hall–Kier alpha value is -0.710. The summed E-state index contributed by atoms with van der Waals surface area (Å²) in [5.41, 5.74) is 5.28. The molecule has 0 fully saturated rings. The van der Waals surface area contributed by atoms with Crippen molar-refractivity contribution in [1.82, 2.24) is 5.32 Å². The van der Waals surface area contributed by atoms with Crippen LogP contribution in [0.2, 0.25) is 5.02 Å². The highest BCUT2D eigenvalue weighted by atomic mass is 35.5. The number of benzene rings is 1. The lowest BCUT2D eigenvalue weighted by atomic mass is 10.3. The summed E-state index contributed by atoms with van der Waals surface area (Å²) in [6, 6.07) is 7.24. The third-order valence-corrected chi connectivity index (χ3v) is 3.33. The average molecular weight is 259 g/mol. The SMILES string of the molecule is CCNC(CSc1cccc(Cl)c1)C(N)=O. The predicted octanol–water partition coefficient (Wildman–Crippen LogP) is 1.90. The minimum Gasteiger partial charge on any atom is -0.368 e. The van der Waals surface area contributed by atoms with Crippen molar-refractivity contribution in [3.63, 3.8) is 0 Å². The molecule has 0 aliphatic rings. The molecule has 1 atom stereocenters. The molecule has 1 rings (SSSR count). The molecule has 0 radical (unpaired) electrons. The lowest BCUT2D eigenvalue weighted by Gasteiger charge is -2.13. The molecule has 1 aromatic rings. The van der Waals surface area contributed by atoms with E-state index in [1.807, 2.05) is 31.2 Å². The van der Waals surface area contributed by atoms with Crippen LogP contribution in [-0.4, -0.2) is 24.2 Å². The number of nitrogens with two attached hydrogens (primary N) is 1. The van der Waals surface area contributed by atoms with Gasteiger partial charge in [0.1, 0.15) is 0 Å². The molecule has 1 amide bonds. The van der Waals surface area contributed by atoms with E-state index in [1.165, 1.54) is 0 Å². The predicted molar refractivity (Wildman–Crippen MR) is 68.8 cm³/mol. The number of carbonyl (C=O) groups is 1. The topological polar surface area (TPSA) is 55.1 Å². The molecule has 5 heteroatoms. The fraction of sp³-hybridized carbons (Fsp3) is 0.364. The average Bonchev–Trinajstić information content (AvgIpc) is 2.24. The van der Waals surface area contributed by atoms with Crippen molar-refractivity contribution in [2.24, 2.45) is 5.73 Å². The summed E-state index contributed by atoms with van der Waals surface area (Å²) in [5, 5.41) is 3.74. The van der Waals surface area contributed by atoms with Crippen LogP contribution < -0.4 is 11.1 Å². The van der Waals surface area contributed by atoms with Crippen LogP contribution in [-0.2, 0) is 4.79 Å². The molecule has 1 unspecified atom stereocenters. The quantitative estimate of drug-likeness (QED) is 0.767. The molecule has 0 saturated heterocycles. The van der Waals surface area contributed by atoms with E-state index in [0.717, 1.165) is 11.4 Å². The van der Waals surface area contributed by atoms with Crippen molar-refractivity contribution in [3.05, 3.63) is 29.3 Å². The Kier molecular flexibility index (Phi) is 5.66. The van der Waals surface area contributed by atoms with Gasteiger partial charge in [-0.15, -0.1) is 11.8 Å². The molecule has 1 aromatic carbocycles. The Morgan fingerprint density at radius 2 is 2.38 bits per heavy atom. The first-order valence-electron chi connectivity index (χ1n) is 5.04. The molecule has 16 heavy (non-hydrogen) atoms. The second-order valence-electron chi connectivity index (χ2n) is 3.28. The molecule has 0 heterocycles. The van der Waals surface area contributed by atoms with Crippen LogP contribution in [0, 0.1) is 0 Å². The number of likely N-dealkylation sites (N-methyl/N-ethyl adjacent to an activating group) is 1. The molecule has 0 saturated carbocycles. The zero-order chi connectivity index (χ0) is 12.0. The molecule has 0 aliphatic carbocycles. The van der Waals surface area contributed by atoms with Gasteiger partial charge >= 0.3 is 0 Å². The van der Waals surface area contributed by atoms with E-state index in [2.05, 4.69) is 5.32 Å². The monoisotopic (exact) mass is 258 g/mol. The molecule has 3 nitrogen and oxygen atoms in total. The molecular weight excluding hydrogens is 244 g/mol. The summed E-state index contributed by atoms with van der Waals surface area (Å²) in [6.45, 7) is 2.67. The minimum absolute atomic E-state index is 0.297. The van der Waals surface area contributed by atoms with Crippen LogP contribution in [0.15, 0.2) is 29.2 Å². The Morgan fingerprint density at radius 3 is 2.94 bits per heavy atom. The fourth-order valence-electron chi connectivity index (χ4n) is 1.22. The maximum absolute atomic E-state index is 11.1. The summed E-state index contributed by atoms with van der Waals surface area (Å²) >= 11 is 7.43. The number of nitrogens with one attached hydrogen (secondary N) is 1. The molecule has 0 aromatic heterocycles. The number of primary amides is 1. The highest BCUT2D eigenvalue weighted by Crippen LogP contribution is 2.22. The molecule has 0 bridgehead atoms. The van der Waals surface area contributed by atoms with Crippen LogP contribution in [0.5, 0.6) is 0 Å². The molecule has 3 N–H and O–H groups in total. The second-order valence-corrected chi connectivity index (χ2v) is 4.81. The van der Waals surface area contributed by atoms with E-state index < -0.39 is 0 Å². The van der Waals surface area contributed by atoms with E-state index in [0.29, 0.717) is 10.8 Å². The number of hydrogen-bond donors (Lipinski definition) is 2. The summed E-state index contributed by atoms with van der Waals surface area (Å²) < 4.78 is 0. The van der Waals surface area contributed by atoms with Gasteiger partial charge in [-0.3, -0.25) is 4.79 Å². The summed E-state index contributed by atoms with van der Waals surface area (Å²) in [4.78, 5) is 12.1. The first-order chi connectivity index (χ1) is 7.63. The van der Waals surface area contributed by atoms with E-state index in [9.17, 15) is 4.79 Å².